The lowest BCUT2D eigenvalue weighted by Gasteiger charge is -2.25. The minimum Gasteiger partial charge on any atom is -0.491 e. The largest absolute Gasteiger partial charge is 0.491 e. The van der Waals surface area contributed by atoms with Gasteiger partial charge in [-0.2, -0.15) is 0 Å². The van der Waals surface area contributed by atoms with Crippen molar-refractivity contribution < 1.29 is 9.53 Å². The fourth-order valence-electron chi connectivity index (χ4n) is 4.75. The molecule has 0 bridgehead atoms. The third-order valence-corrected chi connectivity index (χ3v) is 6.13. The molecule has 6 rings (SSSR count). The molecule has 0 aliphatic carbocycles. The van der Waals surface area contributed by atoms with Crippen molar-refractivity contribution in [3.05, 3.63) is 36.7 Å². The lowest BCUT2D eigenvalue weighted by Crippen LogP contribution is -2.40. The van der Waals surface area contributed by atoms with Gasteiger partial charge in [-0.1, -0.05) is 6.07 Å². The summed E-state index contributed by atoms with van der Waals surface area (Å²) >= 11 is 0. The van der Waals surface area contributed by atoms with E-state index in [2.05, 4.69) is 43.4 Å². The highest BCUT2D eigenvalue weighted by molar-refractivity contribution is 6.07. The van der Waals surface area contributed by atoms with E-state index in [1.807, 2.05) is 12.1 Å². The number of amides is 1. The summed E-state index contributed by atoms with van der Waals surface area (Å²) in [6.45, 7) is 2.10. The zero-order chi connectivity index (χ0) is 20.2. The second-order valence-corrected chi connectivity index (χ2v) is 7.90. The first-order chi connectivity index (χ1) is 14.7. The first-order valence-corrected chi connectivity index (χ1v) is 10.2. The van der Waals surface area contributed by atoms with Crippen LogP contribution in [0.2, 0.25) is 0 Å². The summed E-state index contributed by atoms with van der Waals surface area (Å²) in [6, 6.07) is 10.1. The Morgan fingerprint density at radius 3 is 3.07 bits per heavy atom. The summed E-state index contributed by atoms with van der Waals surface area (Å²) in [6.07, 6.45) is 3.45. The maximum atomic E-state index is 11.9. The third kappa shape index (κ3) is 2.53. The van der Waals surface area contributed by atoms with Crippen molar-refractivity contribution in [1.82, 2.24) is 15.0 Å². The van der Waals surface area contributed by atoms with Gasteiger partial charge in [0.15, 0.2) is 0 Å². The van der Waals surface area contributed by atoms with Gasteiger partial charge in [0.05, 0.1) is 39.6 Å². The summed E-state index contributed by atoms with van der Waals surface area (Å²) in [5.74, 6) is 0.544. The second kappa shape index (κ2) is 6.41. The molecule has 4 heterocycles. The van der Waals surface area contributed by atoms with E-state index in [0.29, 0.717) is 13.2 Å². The van der Waals surface area contributed by atoms with E-state index in [1.165, 1.54) is 0 Å². The van der Waals surface area contributed by atoms with Gasteiger partial charge in [0.1, 0.15) is 18.4 Å². The Labute approximate surface area is 172 Å². The molecule has 0 unspecified atom stereocenters. The number of nitrogens with one attached hydrogen (secondary N) is 3. The fourth-order valence-corrected chi connectivity index (χ4v) is 4.75. The molecule has 8 nitrogen and oxygen atoms in total. The van der Waals surface area contributed by atoms with Crippen LogP contribution in [0.5, 0.6) is 5.75 Å². The highest BCUT2D eigenvalue weighted by atomic mass is 16.5. The van der Waals surface area contributed by atoms with Crippen LogP contribution < -0.4 is 20.7 Å². The van der Waals surface area contributed by atoms with E-state index < -0.39 is 0 Å². The van der Waals surface area contributed by atoms with Crippen LogP contribution in [0.4, 0.5) is 11.4 Å². The number of aromatic amines is 2. The van der Waals surface area contributed by atoms with Gasteiger partial charge in [0.2, 0.25) is 5.91 Å². The molecule has 0 saturated carbocycles. The van der Waals surface area contributed by atoms with Crippen molar-refractivity contribution in [2.45, 2.75) is 18.9 Å². The van der Waals surface area contributed by atoms with E-state index in [9.17, 15) is 4.79 Å². The number of rotatable bonds is 3. The predicted molar refractivity (Wildman–Crippen MR) is 117 cm³/mol. The molecule has 152 valence electrons. The SMILES string of the molecule is NC(=O)[C@@H]1CCCN1c1cc2c3c(c(-c4ccc5[nH]cnc5c4)[nH]c3c1)NCCO2. The third-order valence-electron chi connectivity index (χ3n) is 6.13. The van der Waals surface area contributed by atoms with Gasteiger partial charge in [-0.3, -0.25) is 4.79 Å². The molecule has 30 heavy (non-hydrogen) atoms. The Bertz CT molecular complexity index is 1290. The maximum absolute atomic E-state index is 11.9. The Balaban J connectivity index is 1.53. The zero-order valence-electron chi connectivity index (χ0n) is 16.4. The van der Waals surface area contributed by atoms with Crippen molar-refractivity contribution in [2.24, 2.45) is 5.73 Å². The first-order valence-electron chi connectivity index (χ1n) is 10.2. The highest BCUT2D eigenvalue weighted by Crippen LogP contribution is 2.44. The molecule has 1 fully saturated rings. The molecule has 0 spiro atoms. The van der Waals surface area contributed by atoms with Crippen LogP contribution in [0, 0.1) is 0 Å². The highest BCUT2D eigenvalue weighted by Gasteiger charge is 2.31. The Kier molecular flexibility index (Phi) is 3.68. The number of aromatic nitrogens is 3. The van der Waals surface area contributed by atoms with Gasteiger partial charge in [0.25, 0.3) is 0 Å². The van der Waals surface area contributed by atoms with Crippen molar-refractivity contribution >= 4 is 39.2 Å². The van der Waals surface area contributed by atoms with Gasteiger partial charge in [-0.05, 0) is 31.0 Å². The van der Waals surface area contributed by atoms with Crippen LogP contribution in [0.1, 0.15) is 12.8 Å². The van der Waals surface area contributed by atoms with Gasteiger partial charge < -0.3 is 30.7 Å². The van der Waals surface area contributed by atoms with Gasteiger partial charge >= 0.3 is 0 Å². The molecular formula is C22H22N6O2. The summed E-state index contributed by atoms with van der Waals surface area (Å²) in [4.78, 5) is 25.1. The van der Waals surface area contributed by atoms with Crippen LogP contribution >= 0.6 is 0 Å². The van der Waals surface area contributed by atoms with Crippen LogP contribution in [0.15, 0.2) is 36.7 Å². The summed E-state index contributed by atoms with van der Waals surface area (Å²) < 4.78 is 6.08. The van der Waals surface area contributed by atoms with Crippen LogP contribution in [0.3, 0.4) is 0 Å². The molecule has 4 aromatic rings. The number of carbonyl (C=O) groups excluding carboxylic acids is 1. The number of hydrogen-bond donors (Lipinski definition) is 4. The van der Waals surface area contributed by atoms with Gasteiger partial charge in [-0.15, -0.1) is 0 Å². The molecule has 1 saturated heterocycles. The smallest absolute Gasteiger partial charge is 0.240 e. The molecular weight excluding hydrogens is 380 g/mol. The summed E-state index contributed by atoms with van der Waals surface area (Å²) in [5.41, 5.74) is 12.6. The first kappa shape index (κ1) is 17.2. The molecule has 5 N–H and O–H groups in total. The Morgan fingerprint density at radius 2 is 2.17 bits per heavy atom. The number of imidazole rings is 1. The quantitative estimate of drug-likeness (QED) is 0.421. The number of benzene rings is 2. The van der Waals surface area contributed by atoms with Crippen LogP contribution in [-0.4, -0.2) is 46.6 Å². The summed E-state index contributed by atoms with van der Waals surface area (Å²) in [5, 5.41) is 4.55. The fraction of sp³-hybridized carbons (Fsp3) is 0.273. The van der Waals surface area contributed by atoms with Crippen molar-refractivity contribution in [3.63, 3.8) is 0 Å². The molecule has 2 aliphatic rings. The zero-order valence-corrected chi connectivity index (χ0v) is 16.4. The maximum Gasteiger partial charge on any atom is 0.240 e. The minimum absolute atomic E-state index is 0.269. The lowest BCUT2D eigenvalue weighted by atomic mass is 10.1. The molecule has 2 aromatic carbocycles. The lowest BCUT2D eigenvalue weighted by molar-refractivity contribution is -0.119. The van der Waals surface area contributed by atoms with Crippen molar-refractivity contribution in [3.8, 4) is 17.0 Å². The number of nitrogens with zero attached hydrogens (tertiary/aromatic N) is 2. The number of hydrogen-bond acceptors (Lipinski definition) is 5. The number of primary amides is 1. The van der Waals surface area contributed by atoms with Gasteiger partial charge in [-0.25, -0.2) is 4.98 Å². The average molecular weight is 402 g/mol. The molecule has 0 radical (unpaired) electrons. The van der Waals surface area contributed by atoms with Gasteiger partial charge in [0, 0.05) is 30.4 Å². The normalized spacial score (nSPS) is 18.4. The minimum atomic E-state index is -0.277. The van der Waals surface area contributed by atoms with Crippen LogP contribution in [-0.2, 0) is 4.79 Å². The number of fused-ring (bicyclic) bond motifs is 1. The van der Waals surface area contributed by atoms with E-state index in [4.69, 9.17) is 10.5 Å². The number of carbonyl (C=O) groups is 1. The Hall–Kier alpha value is -3.68. The molecule has 1 atom stereocenters. The molecule has 8 heteroatoms. The molecule has 2 aromatic heterocycles. The average Bonchev–Trinajstić information content (AvgIpc) is 3.45. The molecule has 2 aliphatic heterocycles. The van der Waals surface area contributed by atoms with E-state index in [-0.39, 0.29) is 11.9 Å². The standard InChI is InChI=1S/C22H22N6O2/c23-22(29)17-2-1-6-28(17)13-9-16-19-18(10-13)30-7-5-24-21(19)20(27-16)12-3-4-14-15(8-12)26-11-25-14/h3-4,8-11,17,24,27H,1-2,5-7H2,(H2,23,29)(H,25,26)/t17-/m0/s1. The van der Waals surface area contributed by atoms with E-state index in [0.717, 1.165) is 69.7 Å². The number of ether oxygens (including phenoxy) is 1. The van der Waals surface area contributed by atoms with E-state index >= 15 is 0 Å². The van der Waals surface area contributed by atoms with Crippen molar-refractivity contribution in [2.75, 3.05) is 29.9 Å². The monoisotopic (exact) mass is 402 g/mol. The van der Waals surface area contributed by atoms with E-state index in [1.54, 1.807) is 6.33 Å². The topological polar surface area (TPSA) is 112 Å². The van der Waals surface area contributed by atoms with Crippen LogP contribution in [0.25, 0.3) is 33.2 Å². The second-order valence-electron chi connectivity index (χ2n) is 7.90. The number of anilines is 2. The number of H-pyrrole nitrogens is 2. The summed E-state index contributed by atoms with van der Waals surface area (Å²) in [7, 11) is 0. The van der Waals surface area contributed by atoms with Crippen molar-refractivity contribution in [1.29, 1.82) is 0 Å². The molecule has 1 amide bonds. The Morgan fingerprint density at radius 1 is 1.23 bits per heavy atom. The predicted octanol–water partition coefficient (Wildman–Crippen LogP) is 2.97. The number of nitrogens with two attached hydrogens (primary N) is 1.